The van der Waals surface area contributed by atoms with E-state index in [4.69, 9.17) is 22.6 Å². The molecule has 2 aliphatic heterocycles. The molecule has 1 N–H and O–H groups in total. The van der Waals surface area contributed by atoms with Crippen LogP contribution in [0, 0.1) is 53.0 Å². The van der Waals surface area contributed by atoms with Crippen LogP contribution in [0.15, 0.2) is 139 Å². The van der Waals surface area contributed by atoms with Crippen LogP contribution in [0.3, 0.4) is 0 Å². The van der Waals surface area contributed by atoms with Crippen LogP contribution in [0.2, 0.25) is 0 Å². The summed E-state index contributed by atoms with van der Waals surface area (Å²) in [6.45, 7) is 6.33. The molecule has 127 heavy (non-hydrogen) atoms. The summed E-state index contributed by atoms with van der Waals surface area (Å²) >= 11 is 7.39. The predicted molar refractivity (Wildman–Crippen MR) is 453 cm³/mol. The second-order valence-corrected chi connectivity index (χ2v) is 70.4. The second-order valence-electron chi connectivity index (χ2n) is 31.8. The molecule has 2 saturated heterocycles. The monoisotopic (exact) mass is 2240 g/mol. The van der Waals surface area contributed by atoms with Gasteiger partial charge in [-0.05, 0) is 239 Å². The van der Waals surface area contributed by atoms with Crippen LogP contribution in [-0.4, -0.2) is 109 Å². The first-order valence-electron chi connectivity index (χ1n) is 39.2. The van der Waals surface area contributed by atoms with E-state index >= 15 is 0 Å². The Morgan fingerprint density at radius 3 is 1.07 bits per heavy atom. The summed E-state index contributed by atoms with van der Waals surface area (Å²) in [5, 5.41) is 3.35. The molecule has 0 spiro atoms. The van der Waals surface area contributed by atoms with Gasteiger partial charge < -0.3 is 24.4 Å². The van der Waals surface area contributed by atoms with Crippen LogP contribution >= 0.6 is 59.9 Å². The molecule has 7 aliphatic rings. The molecule has 706 valence electrons. The number of hydrogen-bond acceptors (Lipinski definition) is 14. The van der Waals surface area contributed by atoms with E-state index in [-0.39, 0.29) is 128 Å². The molecule has 41 heteroatoms. The molecule has 6 aromatic carbocycles. The van der Waals surface area contributed by atoms with Crippen molar-refractivity contribution in [1.82, 2.24) is 10.2 Å². The normalized spacial score (nSPS) is 24.2. The molecular formula is C86H95F21I3N2O12S2V. The third kappa shape index (κ3) is 31.7. The molecule has 6 aromatic rings. The number of rotatable bonds is 19. The molecule has 0 unspecified atom stereocenters. The molecule has 0 bridgehead atoms. The summed E-state index contributed by atoms with van der Waals surface area (Å²) in [4.78, 5) is 34.2. The number of allylic oxidation sites excluding steroid dienone is 2. The second kappa shape index (κ2) is 45.2. The van der Waals surface area contributed by atoms with E-state index in [0.717, 1.165) is 86.1 Å². The van der Waals surface area contributed by atoms with Crippen molar-refractivity contribution >= 4 is 97.5 Å². The number of Topliss-reactive ketones (excluding diaryl/α,β-unsaturated/α-hetero) is 2. The summed E-state index contributed by atoms with van der Waals surface area (Å²) in [7, 11) is -7.90. The van der Waals surface area contributed by atoms with Gasteiger partial charge in [0.1, 0.15) is 29.0 Å². The summed E-state index contributed by atoms with van der Waals surface area (Å²) in [5.74, 6) is -2.90. The molecule has 4 saturated carbocycles. The van der Waals surface area contributed by atoms with E-state index in [0.29, 0.717) is 80.8 Å². The van der Waals surface area contributed by atoms with Gasteiger partial charge >= 0.3 is 102 Å². The third-order valence-corrected chi connectivity index (χ3v) is 24.2. The molecule has 6 fully saturated rings. The Labute approximate surface area is 761 Å². The summed E-state index contributed by atoms with van der Waals surface area (Å²) < 4.78 is 358. The molecule has 5 aliphatic carbocycles. The number of likely N-dealkylation sites (tertiary alicyclic amines) is 1. The molecule has 0 aromatic heterocycles. The van der Waals surface area contributed by atoms with Gasteiger partial charge in [-0.3, -0.25) is 22.7 Å². The number of nitrogens with one attached hydrogen (secondary N) is 1. The first kappa shape index (κ1) is 109. The van der Waals surface area contributed by atoms with E-state index in [1.165, 1.54) is 57.2 Å². The van der Waals surface area contributed by atoms with Gasteiger partial charge in [0.15, 0.2) is 5.78 Å². The van der Waals surface area contributed by atoms with Crippen molar-refractivity contribution in [1.29, 1.82) is 0 Å². The van der Waals surface area contributed by atoms with Crippen molar-refractivity contribution in [3.63, 3.8) is 0 Å². The fourth-order valence-corrected chi connectivity index (χ4v) is 18.1. The Balaban J connectivity index is 0.000000245. The van der Waals surface area contributed by atoms with Crippen molar-refractivity contribution in [2.45, 2.75) is 198 Å². The number of benzene rings is 6. The molecule has 0 radical (unpaired) electrons. The molecule has 0 amide bonds. The number of hydrogen-bond donors (Lipinski definition) is 1. The molecule has 14 nitrogen and oxygen atoms in total. The number of carbonyl (C=O) groups is 3. The summed E-state index contributed by atoms with van der Waals surface area (Å²) in [5.41, 5.74) is -6.25. The van der Waals surface area contributed by atoms with Gasteiger partial charge in [0, 0.05) is 61.9 Å². The Bertz CT molecular complexity index is 4840. The molecule has 2 heterocycles. The number of fused-ring (bicyclic) bond motifs is 2. The Hall–Kier alpha value is -5.17. The van der Waals surface area contributed by atoms with Gasteiger partial charge in [-0.2, -0.15) is 95.9 Å². The number of ether oxygens (including phenoxy) is 3. The van der Waals surface area contributed by atoms with Gasteiger partial charge in [-0.1, -0.05) is 51.3 Å². The van der Waals surface area contributed by atoms with Crippen LogP contribution in [0.25, 0.3) is 0 Å². The van der Waals surface area contributed by atoms with Crippen LogP contribution in [0.1, 0.15) is 209 Å². The Morgan fingerprint density at radius 2 is 0.748 bits per heavy atom. The number of halogens is 24. The molecule has 15 atom stereocenters. The van der Waals surface area contributed by atoms with Crippen LogP contribution in [0.4, 0.5) is 92.2 Å². The fourth-order valence-electron chi connectivity index (χ4n) is 17.3. The van der Waals surface area contributed by atoms with Crippen molar-refractivity contribution in [3.8, 4) is 0 Å². The van der Waals surface area contributed by atoms with Crippen LogP contribution < -0.4 is 5.32 Å². The number of alkyl halides is 18. The summed E-state index contributed by atoms with van der Waals surface area (Å²) in [6, 6.07) is 21.2. The van der Waals surface area contributed by atoms with Crippen LogP contribution in [-0.2, 0) is 99.2 Å². The maximum atomic E-state index is 13.8. The number of ketones is 3. The van der Waals surface area contributed by atoms with Gasteiger partial charge in [-0.15, -0.1) is 0 Å². The van der Waals surface area contributed by atoms with E-state index in [9.17, 15) is 123 Å². The first-order valence-corrected chi connectivity index (χ1v) is 56.3. The van der Waals surface area contributed by atoms with E-state index in [1.807, 2.05) is 0 Å². The van der Waals surface area contributed by atoms with Crippen molar-refractivity contribution in [2.24, 2.45) is 35.5 Å². The SMILES string of the molecule is C.C.C[C@@H](O[C@H]1CC[C@@H]2CN(C3=CC(=O)CC3)C[C@H]2[C@@H]1c1ccc(F)cc1)c1cc(C(F)(F)F)cc(C(F)(F)F)c1.C[C@@H](O[C@H]1CC[C@@H]2CNC[C@H]2[C@@H]1c1ccc(F)cc1)c1cc(C(F)(F)F)cc(C(F)(F)F)c1.C[C@@H](O[C@H]1CC[C@H](COS(C)(=O)=O)[C@@H](COS(C)(=O)=O)[C@@H]1c1ccc(F)cc1)c1cc(C(F)(F)F)cc(C(F)(F)F)c1.O=C1CCC(=O)C1.[I][V]([I])[I]. The van der Waals surface area contributed by atoms with E-state index in [1.54, 1.807) is 30.3 Å². The zero-order valence-corrected chi connectivity index (χ0v) is 76.6. The van der Waals surface area contributed by atoms with Crippen molar-refractivity contribution in [2.75, 3.05) is 51.9 Å². The zero-order chi connectivity index (χ0) is 92.6. The van der Waals surface area contributed by atoms with Gasteiger partial charge in [0.25, 0.3) is 20.2 Å². The summed E-state index contributed by atoms with van der Waals surface area (Å²) in [6.07, 6.45) is -26.4. The molecular weight excluding hydrogens is 2150 g/mol. The predicted octanol–water partition coefficient (Wildman–Crippen LogP) is 24.7. The van der Waals surface area contributed by atoms with E-state index in [2.05, 4.69) is 70.2 Å². The Kier molecular flexibility index (Phi) is 38.8. The standard InChI is InChI=1S/C29H28F7NO2.C26H29F7O7S2.C24H24F7NO.C5H6O2.2CH4.3HI.V/c1-16(19-10-20(28(31,32)33)12-21(11-19)29(34,35)36)39-26-9-4-18-14-37(23-7-8-24(38)13-23)15-25(18)27(26)17-2-5-22(30)6-3-17;1-15(18-10-19(25(28,29)30)12-20(11-18)26(31,32)33)40-23-9-6-17(13-38-41(2,34)35)22(14-39-42(3,36)37)24(23)16-4-7-21(27)8-5-16;1-13(16-8-17(23(26,27)28)10-18(9-16)24(29,30)31)33-21-7-4-15-11-32-12-20(15)22(21)14-2-5-19(25)6-3-14;6-4-1-2-5(7)3-4;;;;;;/h2-3,5-6,10-13,16,18,25-27H,4,7-9,14-15H2,1H3;4-5,7-8,10-12,15,17,22-24H,6,9,13-14H2,1-3H3;2-3,5-6,8-10,13,15,20-22,32H,4,7,11-12H2,1H3;1-3H2;2*1H4;3*1H;/q;;;;;;;;;+3/p-3/t16-,18-,25-,26+,27+;15-,17-,22-,23+,24+;13-,15-,20-,21+,22+;;;;;;;/m111......./s1. The zero-order valence-electron chi connectivity index (χ0n) is 67.1. The minimum absolute atomic E-state index is 0. The van der Waals surface area contributed by atoms with E-state index < -0.39 is 169 Å². The average molecular weight is 2240 g/mol. The Morgan fingerprint density at radius 1 is 0.425 bits per heavy atom. The number of carbonyl (C=O) groups excluding carboxylic acids is 3. The average Bonchev–Trinajstić information content (AvgIpc) is 1.71. The van der Waals surface area contributed by atoms with Crippen molar-refractivity contribution in [3.05, 3.63) is 223 Å². The maximum absolute atomic E-state index is 13.8. The van der Waals surface area contributed by atoms with Crippen LogP contribution in [0.5, 0.6) is 0 Å². The van der Waals surface area contributed by atoms with Crippen molar-refractivity contribution < 1.29 is 151 Å². The molecule has 13 rings (SSSR count). The fraction of sp³-hybridized carbons (Fsp3) is 0.523. The third-order valence-electron chi connectivity index (χ3n) is 23.1. The van der Waals surface area contributed by atoms with Gasteiger partial charge in [-0.25, -0.2) is 13.2 Å². The minimum atomic E-state index is -5.07. The van der Waals surface area contributed by atoms with Gasteiger partial charge in [0.05, 0.1) is 102 Å². The number of nitrogens with zero attached hydrogens (tertiary/aromatic N) is 1. The first-order chi connectivity index (χ1) is 57.9. The topological polar surface area (TPSA) is 181 Å². The van der Waals surface area contributed by atoms with Gasteiger partial charge in [0.2, 0.25) is 0 Å². The quantitative estimate of drug-likeness (QED) is 0.0350.